The maximum absolute atomic E-state index is 12.0. The second-order valence-corrected chi connectivity index (χ2v) is 11.7. The van der Waals surface area contributed by atoms with Crippen LogP contribution in [0, 0.1) is 17.8 Å². The van der Waals surface area contributed by atoms with Crippen molar-refractivity contribution in [3.8, 4) is 0 Å². The van der Waals surface area contributed by atoms with Crippen molar-refractivity contribution in [2.45, 2.75) is 164 Å². The van der Waals surface area contributed by atoms with E-state index in [9.17, 15) is 9.59 Å². The minimum atomic E-state index is -0.497. The first-order valence-corrected chi connectivity index (χ1v) is 15.2. The Kier molecular flexibility index (Phi) is 28.0. The van der Waals surface area contributed by atoms with Gasteiger partial charge in [0.2, 0.25) is 0 Å². The molecule has 0 aliphatic carbocycles. The van der Waals surface area contributed by atoms with Crippen LogP contribution in [0.5, 0.6) is 0 Å². The van der Waals surface area contributed by atoms with E-state index in [1.54, 1.807) is 0 Å². The zero-order valence-electron chi connectivity index (χ0n) is 24.5. The van der Waals surface area contributed by atoms with Crippen molar-refractivity contribution in [3.63, 3.8) is 0 Å². The van der Waals surface area contributed by atoms with Crippen LogP contribution in [-0.4, -0.2) is 41.5 Å². The summed E-state index contributed by atoms with van der Waals surface area (Å²) in [5.74, 6) is 1.53. The number of allylic oxidation sites excluding steroid dienone is 1. The number of rotatable bonds is 23. The van der Waals surface area contributed by atoms with Gasteiger partial charge in [0, 0.05) is 12.5 Å². The molecule has 208 valence electrons. The number of hydrogen-bond acceptors (Lipinski definition) is 3. The number of hydrogen-bond donors (Lipinski definition) is 0. The van der Waals surface area contributed by atoms with Gasteiger partial charge in [-0.3, -0.25) is 4.79 Å². The molecule has 0 aliphatic heterocycles. The Morgan fingerprint density at radius 3 is 1.64 bits per heavy atom. The minimum absolute atomic E-state index is 0. The Morgan fingerprint density at radius 2 is 1.11 bits per heavy atom. The molecule has 0 bridgehead atoms. The van der Waals surface area contributed by atoms with Gasteiger partial charge in [-0.2, -0.15) is 0 Å². The molecule has 0 saturated carbocycles. The molecule has 2 atom stereocenters. The van der Waals surface area contributed by atoms with Crippen molar-refractivity contribution in [2.24, 2.45) is 17.8 Å². The van der Waals surface area contributed by atoms with E-state index < -0.39 is 5.97 Å². The van der Waals surface area contributed by atoms with Crippen molar-refractivity contribution >= 4 is 41.5 Å². The number of carbonyl (C=O) groups is 2. The third-order valence-electron chi connectivity index (χ3n) is 7.20. The fourth-order valence-corrected chi connectivity index (χ4v) is 4.75. The monoisotopic (exact) mass is 516 g/mol. The summed E-state index contributed by atoms with van der Waals surface area (Å²) in [7, 11) is 0. The van der Waals surface area contributed by atoms with Crippen molar-refractivity contribution in [3.05, 3.63) is 11.6 Å². The molecule has 0 aromatic carbocycles. The summed E-state index contributed by atoms with van der Waals surface area (Å²) in [6.07, 6.45) is 24.0. The summed E-state index contributed by atoms with van der Waals surface area (Å²) >= 11 is 0. The first-order chi connectivity index (χ1) is 16.7. The first kappa shape index (κ1) is 38.0. The molecule has 0 rings (SSSR count). The van der Waals surface area contributed by atoms with Gasteiger partial charge in [-0.05, 0) is 43.9 Å². The zero-order chi connectivity index (χ0) is 26.3. The summed E-state index contributed by atoms with van der Waals surface area (Å²) < 4.78 is 4.98. The summed E-state index contributed by atoms with van der Waals surface area (Å²) in [5.41, 5.74) is 1.01. The molecule has 0 radical (unpaired) electrons. The van der Waals surface area contributed by atoms with Crippen LogP contribution in [0.4, 0.5) is 0 Å². The SMILES string of the molecule is CCCCCCCCCCCC(=O)OC(=O)/C=C(\C)CCC[C@H](C)CCC[C@H](C)CCCC(C)C.[NaH]. The second-order valence-electron chi connectivity index (χ2n) is 11.7. The Balaban J connectivity index is 0. The van der Waals surface area contributed by atoms with Crippen molar-refractivity contribution in [1.82, 2.24) is 0 Å². The predicted octanol–water partition coefficient (Wildman–Crippen LogP) is 9.71. The van der Waals surface area contributed by atoms with E-state index >= 15 is 0 Å². The Labute approximate surface area is 247 Å². The van der Waals surface area contributed by atoms with E-state index in [-0.39, 0.29) is 35.5 Å². The molecule has 0 fully saturated rings. The average Bonchev–Trinajstić information content (AvgIpc) is 2.77. The molecule has 0 saturated heterocycles. The summed E-state index contributed by atoms with van der Waals surface area (Å²) in [4.78, 5) is 23.9. The molecule has 0 aliphatic rings. The van der Waals surface area contributed by atoms with Crippen LogP contribution in [0.3, 0.4) is 0 Å². The van der Waals surface area contributed by atoms with Gasteiger partial charge in [-0.15, -0.1) is 0 Å². The van der Waals surface area contributed by atoms with Gasteiger partial charge < -0.3 is 4.74 Å². The van der Waals surface area contributed by atoms with Gasteiger partial charge in [-0.1, -0.05) is 137 Å². The fraction of sp³-hybridized carbons (Fsp3) is 0.875. The molecule has 0 spiro atoms. The van der Waals surface area contributed by atoms with Gasteiger partial charge in [0.25, 0.3) is 0 Å². The van der Waals surface area contributed by atoms with Crippen molar-refractivity contribution < 1.29 is 14.3 Å². The van der Waals surface area contributed by atoms with Gasteiger partial charge in [0.05, 0.1) is 0 Å². The number of carbonyl (C=O) groups excluding carboxylic acids is 2. The van der Waals surface area contributed by atoms with E-state index in [1.165, 1.54) is 96.0 Å². The standard InChI is InChI=1S/C32H60O3.Na.H/c1-7-8-9-10-11-12-13-14-15-25-31(33)35-32(34)26-30(6)24-18-23-29(5)22-17-21-28(4)20-16-19-27(2)3;;/h26-29H,7-25H2,1-6H3;;/b30-26+;;/t28-,29-;;/m1../s1. The molecule has 36 heavy (non-hydrogen) atoms. The van der Waals surface area contributed by atoms with Crippen LogP contribution in [0.1, 0.15) is 164 Å². The molecule has 0 aromatic heterocycles. The van der Waals surface area contributed by atoms with E-state index in [2.05, 4.69) is 34.6 Å². The molecule has 0 unspecified atom stereocenters. The van der Waals surface area contributed by atoms with Crippen LogP contribution in [0.2, 0.25) is 0 Å². The number of ether oxygens (including phenoxy) is 1. The molecular weight excluding hydrogens is 455 g/mol. The summed E-state index contributed by atoms with van der Waals surface area (Å²) in [6.45, 7) is 13.6. The molecule has 0 heterocycles. The van der Waals surface area contributed by atoms with E-state index in [1.807, 2.05) is 6.92 Å². The van der Waals surface area contributed by atoms with E-state index in [0.29, 0.717) is 6.42 Å². The molecule has 4 heteroatoms. The van der Waals surface area contributed by atoms with E-state index in [4.69, 9.17) is 4.74 Å². The van der Waals surface area contributed by atoms with Gasteiger partial charge >= 0.3 is 41.5 Å². The average molecular weight is 517 g/mol. The van der Waals surface area contributed by atoms with Crippen LogP contribution in [0.25, 0.3) is 0 Å². The zero-order valence-corrected chi connectivity index (χ0v) is 24.5. The van der Waals surface area contributed by atoms with Gasteiger partial charge in [0.1, 0.15) is 0 Å². The number of unbranched alkanes of at least 4 members (excludes halogenated alkanes) is 8. The second kappa shape index (κ2) is 26.5. The predicted molar refractivity (Wildman–Crippen MR) is 159 cm³/mol. The van der Waals surface area contributed by atoms with Crippen LogP contribution >= 0.6 is 0 Å². The van der Waals surface area contributed by atoms with Gasteiger partial charge in [0.15, 0.2) is 0 Å². The summed E-state index contributed by atoms with van der Waals surface area (Å²) in [5, 5.41) is 0. The van der Waals surface area contributed by atoms with Crippen molar-refractivity contribution in [2.75, 3.05) is 0 Å². The fourth-order valence-electron chi connectivity index (χ4n) is 4.75. The third-order valence-corrected chi connectivity index (χ3v) is 7.20. The number of esters is 2. The molecule has 0 aromatic rings. The Hall–Kier alpha value is -0.120. The normalized spacial score (nSPS) is 13.4. The van der Waals surface area contributed by atoms with Crippen LogP contribution < -0.4 is 0 Å². The quantitative estimate of drug-likeness (QED) is 0.0446. The van der Waals surface area contributed by atoms with Crippen LogP contribution in [0.15, 0.2) is 11.6 Å². The maximum atomic E-state index is 12.0. The first-order valence-electron chi connectivity index (χ1n) is 15.2. The Bertz CT molecular complexity index is 556. The Morgan fingerprint density at radius 1 is 0.639 bits per heavy atom. The summed E-state index contributed by atoms with van der Waals surface area (Å²) in [6, 6.07) is 0. The molecule has 3 nitrogen and oxygen atoms in total. The van der Waals surface area contributed by atoms with Crippen molar-refractivity contribution in [1.29, 1.82) is 0 Å². The van der Waals surface area contributed by atoms with E-state index in [0.717, 1.165) is 49.0 Å². The molecular formula is C32H61NaO3. The molecule has 0 N–H and O–H groups in total. The van der Waals surface area contributed by atoms with Gasteiger partial charge in [-0.25, -0.2) is 4.79 Å². The topological polar surface area (TPSA) is 43.4 Å². The van der Waals surface area contributed by atoms with Crippen LogP contribution in [-0.2, 0) is 14.3 Å². The third kappa shape index (κ3) is 26.9. The molecule has 0 amide bonds.